The van der Waals surface area contributed by atoms with Crippen LogP contribution >= 0.6 is 22.9 Å². The summed E-state index contributed by atoms with van der Waals surface area (Å²) >= 11 is 7.28. The van der Waals surface area contributed by atoms with Crippen molar-refractivity contribution in [1.29, 1.82) is 0 Å². The normalized spacial score (nSPS) is 13.8. The first-order valence-electron chi connectivity index (χ1n) is 8.31. The van der Waals surface area contributed by atoms with E-state index in [0.29, 0.717) is 27.9 Å². The molecule has 0 aliphatic carbocycles. The average Bonchev–Trinajstić information content (AvgIpc) is 2.93. The van der Waals surface area contributed by atoms with Gasteiger partial charge in [-0.2, -0.15) is 0 Å². The lowest BCUT2D eigenvalue weighted by molar-refractivity contribution is 0.0526. The molecular formula is C18H20ClN3O3S. The maximum absolute atomic E-state index is 12.4. The Balaban J connectivity index is 1.82. The van der Waals surface area contributed by atoms with Gasteiger partial charge in [0.2, 0.25) is 0 Å². The first-order valence-corrected chi connectivity index (χ1v) is 9.51. The molecule has 1 aromatic carbocycles. The number of nitrogens with one attached hydrogen (secondary N) is 2. The van der Waals surface area contributed by atoms with Gasteiger partial charge in [-0.05, 0) is 50.2 Å². The second kappa shape index (κ2) is 8.07. The fraction of sp³-hybridized carbons (Fsp3) is 0.333. The lowest BCUT2D eigenvalue weighted by Gasteiger charge is -2.22. The van der Waals surface area contributed by atoms with Gasteiger partial charge in [-0.1, -0.05) is 11.6 Å². The Morgan fingerprint density at radius 1 is 1.27 bits per heavy atom. The van der Waals surface area contributed by atoms with Crippen molar-refractivity contribution in [1.82, 2.24) is 4.90 Å². The molecule has 2 N–H and O–H groups in total. The number of likely N-dealkylation sites (N-methyl/N-ethyl adjacent to an activating group) is 1. The number of carbonyl (C=O) groups is 2. The summed E-state index contributed by atoms with van der Waals surface area (Å²) < 4.78 is 5.20. The average molecular weight is 394 g/mol. The highest BCUT2D eigenvalue weighted by molar-refractivity contribution is 7.17. The maximum Gasteiger partial charge on any atom is 0.341 e. The number of hydrogen-bond acceptors (Lipinski definition) is 5. The van der Waals surface area contributed by atoms with E-state index in [1.54, 1.807) is 31.2 Å². The van der Waals surface area contributed by atoms with Crippen LogP contribution in [0.5, 0.6) is 0 Å². The summed E-state index contributed by atoms with van der Waals surface area (Å²) in [4.78, 5) is 28.1. The number of urea groups is 1. The van der Waals surface area contributed by atoms with Crippen molar-refractivity contribution in [2.75, 3.05) is 30.8 Å². The van der Waals surface area contributed by atoms with Gasteiger partial charge in [0.15, 0.2) is 0 Å². The minimum atomic E-state index is -0.412. The number of anilines is 2. The molecule has 26 heavy (non-hydrogen) atoms. The van der Waals surface area contributed by atoms with Crippen LogP contribution in [-0.4, -0.2) is 37.1 Å². The topological polar surface area (TPSA) is 70.7 Å². The zero-order valence-electron chi connectivity index (χ0n) is 14.6. The SMILES string of the molecule is CCOC(=O)c1c(NC(=O)Nc2ccc(Cl)cc2)sc2c1CCN(C)C2. The van der Waals surface area contributed by atoms with E-state index in [9.17, 15) is 9.59 Å². The molecule has 3 rings (SSSR count). The fourth-order valence-electron chi connectivity index (χ4n) is 2.84. The molecule has 0 fully saturated rings. The molecule has 2 amide bonds. The van der Waals surface area contributed by atoms with Crippen molar-refractivity contribution < 1.29 is 14.3 Å². The summed E-state index contributed by atoms with van der Waals surface area (Å²) in [5, 5.41) is 6.66. The largest absolute Gasteiger partial charge is 0.462 e. The first kappa shape index (κ1) is 18.7. The molecule has 6 nitrogen and oxygen atoms in total. The van der Waals surface area contributed by atoms with Crippen molar-refractivity contribution in [3.05, 3.63) is 45.3 Å². The van der Waals surface area contributed by atoms with Gasteiger partial charge in [-0.15, -0.1) is 11.3 Å². The molecule has 1 aromatic heterocycles. The van der Waals surface area contributed by atoms with Crippen LogP contribution in [0.1, 0.15) is 27.7 Å². The molecule has 138 valence electrons. The molecule has 0 saturated heterocycles. The number of nitrogens with zero attached hydrogens (tertiary/aromatic N) is 1. The third-order valence-corrected chi connectivity index (χ3v) is 5.44. The number of thiophene rings is 1. The Morgan fingerprint density at radius 3 is 2.69 bits per heavy atom. The van der Waals surface area contributed by atoms with E-state index in [4.69, 9.17) is 16.3 Å². The highest BCUT2D eigenvalue weighted by Crippen LogP contribution is 2.37. The molecule has 2 aromatic rings. The molecule has 0 radical (unpaired) electrons. The van der Waals surface area contributed by atoms with Crippen LogP contribution in [0.3, 0.4) is 0 Å². The number of rotatable bonds is 4. The Labute approximate surface area is 161 Å². The number of benzene rings is 1. The number of fused-ring (bicyclic) bond motifs is 1. The Bertz CT molecular complexity index is 820. The zero-order chi connectivity index (χ0) is 18.7. The second-order valence-electron chi connectivity index (χ2n) is 6.00. The number of carbonyl (C=O) groups excluding carboxylic acids is 2. The van der Waals surface area contributed by atoms with Crippen molar-refractivity contribution >= 4 is 45.6 Å². The molecule has 0 spiro atoms. The predicted molar refractivity (Wildman–Crippen MR) is 104 cm³/mol. The predicted octanol–water partition coefficient (Wildman–Crippen LogP) is 4.21. The van der Waals surface area contributed by atoms with Crippen molar-refractivity contribution in [3.8, 4) is 0 Å². The number of halogens is 1. The van der Waals surface area contributed by atoms with Crippen molar-refractivity contribution in [2.24, 2.45) is 0 Å². The summed E-state index contributed by atoms with van der Waals surface area (Å²) in [6, 6.07) is 6.40. The lowest BCUT2D eigenvalue weighted by Crippen LogP contribution is -2.26. The molecular weight excluding hydrogens is 374 g/mol. The zero-order valence-corrected chi connectivity index (χ0v) is 16.2. The summed E-state index contributed by atoms with van der Waals surface area (Å²) in [7, 11) is 2.03. The minimum Gasteiger partial charge on any atom is -0.462 e. The van der Waals surface area contributed by atoms with Gasteiger partial charge in [0.25, 0.3) is 0 Å². The second-order valence-corrected chi connectivity index (χ2v) is 7.54. The van der Waals surface area contributed by atoms with Gasteiger partial charge < -0.3 is 15.0 Å². The van der Waals surface area contributed by atoms with Crippen molar-refractivity contribution in [2.45, 2.75) is 19.9 Å². The summed E-state index contributed by atoms with van der Waals surface area (Å²) in [6.45, 7) is 3.68. The van der Waals surface area contributed by atoms with E-state index >= 15 is 0 Å². The van der Waals surface area contributed by atoms with Gasteiger partial charge >= 0.3 is 12.0 Å². The van der Waals surface area contributed by atoms with E-state index in [1.807, 2.05) is 7.05 Å². The fourth-order valence-corrected chi connectivity index (χ4v) is 4.27. The minimum absolute atomic E-state index is 0.291. The van der Waals surface area contributed by atoms with Crippen LogP contribution in [0.2, 0.25) is 5.02 Å². The Hall–Kier alpha value is -2.09. The van der Waals surface area contributed by atoms with Crippen LogP contribution in [0, 0.1) is 0 Å². The van der Waals surface area contributed by atoms with Crippen LogP contribution in [0.15, 0.2) is 24.3 Å². The number of hydrogen-bond donors (Lipinski definition) is 2. The van der Waals surface area contributed by atoms with E-state index in [-0.39, 0.29) is 0 Å². The molecule has 2 heterocycles. The Kier molecular flexibility index (Phi) is 5.80. The quantitative estimate of drug-likeness (QED) is 0.763. The first-order chi connectivity index (χ1) is 12.5. The number of ether oxygens (including phenoxy) is 1. The molecule has 0 atom stereocenters. The smallest absolute Gasteiger partial charge is 0.341 e. The molecule has 8 heteroatoms. The van der Waals surface area contributed by atoms with Gasteiger partial charge in [0, 0.05) is 28.7 Å². The summed E-state index contributed by atoms with van der Waals surface area (Å²) in [6.07, 6.45) is 0.761. The highest BCUT2D eigenvalue weighted by Gasteiger charge is 2.28. The number of amides is 2. The third kappa shape index (κ3) is 4.17. The van der Waals surface area contributed by atoms with E-state index in [0.717, 1.165) is 30.0 Å². The molecule has 0 bridgehead atoms. The summed E-state index contributed by atoms with van der Waals surface area (Å²) in [5.74, 6) is -0.392. The molecule has 1 aliphatic heterocycles. The molecule has 0 unspecified atom stereocenters. The van der Waals surface area contributed by atoms with Crippen LogP contribution in [0.4, 0.5) is 15.5 Å². The number of esters is 1. The van der Waals surface area contributed by atoms with Crippen LogP contribution in [-0.2, 0) is 17.7 Å². The van der Waals surface area contributed by atoms with Gasteiger partial charge in [0.1, 0.15) is 5.00 Å². The van der Waals surface area contributed by atoms with Crippen LogP contribution in [0.25, 0.3) is 0 Å². The molecule has 1 aliphatic rings. The standard InChI is InChI=1S/C18H20ClN3O3S/c1-3-25-17(23)15-13-8-9-22(2)10-14(13)26-16(15)21-18(24)20-12-6-4-11(19)5-7-12/h4-7H,3,8-10H2,1-2H3,(H2,20,21,24). The van der Waals surface area contributed by atoms with E-state index < -0.39 is 12.0 Å². The van der Waals surface area contributed by atoms with E-state index in [2.05, 4.69) is 15.5 Å². The monoisotopic (exact) mass is 393 g/mol. The lowest BCUT2D eigenvalue weighted by atomic mass is 10.0. The highest BCUT2D eigenvalue weighted by atomic mass is 35.5. The van der Waals surface area contributed by atoms with Gasteiger partial charge in [-0.3, -0.25) is 5.32 Å². The van der Waals surface area contributed by atoms with Gasteiger partial charge in [0.05, 0.1) is 12.2 Å². The van der Waals surface area contributed by atoms with E-state index in [1.165, 1.54) is 11.3 Å². The van der Waals surface area contributed by atoms with Crippen molar-refractivity contribution in [3.63, 3.8) is 0 Å². The maximum atomic E-state index is 12.4. The third-order valence-electron chi connectivity index (χ3n) is 4.06. The summed E-state index contributed by atoms with van der Waals surface area (Å²) in [5.41, 5.74) is 2.07. The Morgan fingerprint density at radius 2 is 2.00 bits per heavy atom. The molecule has 0 saturated carbocycles. The van der Waals surface area contributed by atoms with Crippen LogP contribution < -0.4 is 10.6 Å². The van der Waals surface area contributed by atoms with Gasteiger partial charge in [-0.25, -0.2) is 9.59 Å².